The summed E-state index contributed by atoms with van der Waals surface area (Å²) in [6, 6.07) is 10.2. The SMILES string of the molecule is FC(F)(F)c1ccc(-c2ccc3c(c2)N2CCNCCC2C3)c(Cl)c1. The Morgan fingerprint density at radius 1 is 1.08 bits per heavy atom. The van der Waals surface area contributed by atoms with Gasteiger partial charge in [-0.1, -0.05) is 29.8 Å². The molecule has 2 aliphatic rings. The first-order valence-corrected chi connectivity index (χ1v) is 8.79. The Labute approximate surface area is 149 Å². The van der Waals surface area contributed by atoms with Gasteiger partial charge in [-0.15, -0.1) is 0 Å². The molecule has 0 spiro atoms. The largest absolute Gasteiger partial charge is 0.416 e. The van der Waals surface area contributed by atoms with E-state index in [2.05, 4.69) is 22.3 Å². The Hall–Kier alpha value is -1.72. The Bertz CT molecular complexity index is 804. The molecule has 2 aromatic carbocycles. The standard InChI is InChI=1S/C19H18ClF3N2/c20-17-11-14(19(21,22)23)3-4-16(17)12-1-2-13-9-15-5-6-24-7-8-25(15)18(13)10-12/h1-4,10-11,15,24H,5-9H2. The Kier molecular flexibility index (Phi) is 4.16. The van der Waals surface area contributed by atoms with Crippen LogP contribution in [0.5, 0.6) is 0 Å². The highest BCUT2D eigenvalue weighted by Crippen LogP contribution is 2.40. The van der Waals surface area contributed by atoms with Gasteiger partial charge in [-0.3, -0.25) is 0 Å². The molecule has 0 saturated carbocycles. The summed E-state index contributed by atoms with van der Waals surface area (Å²) in [5.74, 6) is 0. The fourth-order valence-electron chi connectivity index (χ4n) is 3.81. The molecule has 2 nitrogen and oxygen atoms in total. The Balaban J connectivity index is 1.70. The zero-order chi connectivity index (χ0) is 17.6. The zero-order valence-electron chi connectivity index (χ0n) is 13.5. The van der Waals surface area contributed by atoms with Gasteiger partial charge in [0.1, 0.15) is 0 Å². The maximum atomic E-state index is 12.8. The summed E-state index contributed by atoms with van der Waals surface area (Å²) in [5.41, 5.74) is 3.26. The first-order chi connectivity index (χ1) is 11.9. The molecule has 25 heavy (non-hydrogen) atoms. The number of alkyl halides is 3. The number of hydrogen-bond acceptors (Lipinski definition) is 2. The van der Waals surface area contributed by atoms with E-state index in [0.717, 1.165) is 50.2 Å². The maximum absolute atomic E-state index is 12.8. The van der Waals surface area contributed by atoms with Crippen LogP contribution in [0.3, 0.4) is 0 Å². The average Bonchev–Trinajstić information content (AvgIpc) is 2.74. The minimum absolute atomic E-state index is 0.127. The summed E-state index contributed by atoms with van der Waals surface area (Å²) >= 11 is 6.16. The lowest BCUT2D eigenvalue weighted by atomic mass is 10.0. The third kappa shape index (κ3) is 3.11. The van der Waals surface area contributed by atoms with Crippen LogP contribution < -0.4 is 10.2 Å². The van der Waals surface area contributed by atoms with Crippen molar-refractivity contribution in [3.63, 3.8) is 0 Å². The highest BCUT2D eigenvalue weighted by atomic mass is 35.5. The van der Waals surface area contributed by atoms with Crippen LogP contribution in [0.1, 0.15) is 17.5 Å². The molecule has 1 saturated heterocycles. The van der Waals surface area contributed by atoms with E-state index in [0.29, 0.717) is 11.6 Å². The number of nitrogens with zero attached hydrogens (tertiary/aromatic N) is 1. The van der Waals surface area contributed by atoms with Crippen molar-refractivity contribution in [1.29, 1.82) is 0 Å². The van der Waals surface area contributed by atoms with E-state index >= 15 is 0 Å². The van der Waals surface area contributed by atoms with Gasteiger partial charge in [-0.05, 0) is 48.7 Å². The summed E-state index contributed by atoms with van der Waals surface area (Å²) in [7, 11) is 0. The lowest BCUT2D eigenvalue weighted by Crippen LogP contribution is -2.32. The maximum Gasteiger partial charge on any atom is 0.416 e. The quantitative estimate of drug-likeness (QED) is 0.783. The molecular weight excluding hydrogens is 349 g/mol. The van der Waals surface area contributed by atoms with Gasteiger partial charge < -0.3 is 10.2 Å². The van der Waals surface area contributed by atoms with Crippen LogP contribution in [0.15, 0.2) is 36.4 Å². The molecule has 0 aliphatic carbocycles. The normalized spacial score (nSPS) is 20.2. The molecule has 4 rings (SSSR count). The fourth-order valence-corrected chi connectivity index (χ4v) is 4.10. The topological polar surface area (TPSA) is 15.3 Å². The number of nitrogens with one attached hydrogen (secondary N) is 1. The highest BCUT2D eigenvalue weighted by Gasteiger charge is 2.32. The van der Waals surface area contributed by atoms with E-state index in [4.69, 9.17) is 11.6 Å². The van der Waals surface area contributed by atoms with Gasteiger partial charge in [0, 0.05) is 35.4 Å². The number of benzene rings is 2. The minimum Gasteiger partial charge on any atom is -0.367 e. The molecule has 1 N–H and O–H groups in total. The second kappa shape index (κ2) is 6.22. The first-order valence-electron chi connectivity index (χ1n) is 8.41. The predicted molar refractivity (Wildman–Crippen MR) is 94.2 cm³/mol. The van der Waals surface area contributed by atoms with E-state index in [1.807, 2.05) is 6.07 Å². The summed E-state index contributed by atoms with van der Waals surface area (Å²) in [6.07, 6.45) is -2.25. The third-order valence-electron chi connectivity index (χ3n) is 5.08. The second-order valence-corrected chi connectivity index (χ2v) is 7.03. The van der Waals surface area contributed by atoms with Crippen molar-refractivity contribution >= 4 is 17.3 Å². The average molecular weight is 367 g/mol. The predicted octanol–water partition coefficient (Wildman–Crippen LogP) is 4.75. The van der Waals surface area contributed by atoms with Gasteiger partial charge >= 0.3 is 6.18 Å². The lowest BCUT2D eigenvalue weighted by molar-refractivity contribution is -0.137. The molecule has 0 amide bonds. The monoisotopic (exact) mass is 366 g/mol. The van der Waals surface area contributed by atoms with Crippen LogP contribution in [-0.4, -0.2) is 25.7 Å². The van der Waals surface area contributed by atoms with Crippen LogP contribution in [0, 0.1) is 0 Å². The van der Waals surface area contributed by atoms with Crippen LogP contribution in [-0.2, 0) is 12.6 Å². The summed E-state index contributed by atoms with van der Waals surface area (Å²) in [5, 5.41) is 3.54. The molecule has 2 aromatic rings. The van der Waals surface area contributed by atoms with E-state index in [1.54, 1.807) is 0 Å². The number of halogens is 4. The summed E-state index contributed by atoms with van der Waals surface area (Å²) in [4.78, 5) is 2.41. The third-order valence-corrected chi connectivity index (χ3v) is 5.39. The Morgan fingerprint density at radius 3 is 2.68 bits per heavy atom. The van der Waals surface area contributed by atoms with Gasteiger partial charge in [0.25, 0.3) is 0 Å². The Morgan fingerprint density at radius 2 is 1.92 bits per heavy atom. The molecule has 1 fully saturated rings. The molecule has 0 radical (unpaired) electrons. The van der Waals surface area contributed by atoms with Crippen LogP contribution in [0.4, 0.5) is 18.9 Å². The smallest absolute Gasteiger partial charge is 0.367 e. The van der Waals surface area contributed by atoms with E-state index in [1.165, 1.54) is 17.3 Å². The highest BCUT2D eigenvalue weighted by molar-refractivity contribution is 6.33. The second-order valence-electron chi connectivity index (χ2n) is 6.63. The molecule has 2 heterocycles. The molecule has 0 aromatic heterocycles. The van der Waals surface area contributed by atoms with E-state index in [9.17, 15) is 13.2 Å². The van der Waals surface area contributed by atoms with Crippen LogP contribution in [0.25, 0.3) is 11.1 Å². The lowest BCUT2D eigenvalue weighted by Gasteiger charge is -2.25. The van der Waals surface area contributed by atoms with Gasteiger partial charge in [-0.2, -0.15) is 13.2 Å². The minimum atomic E-state index is -4.38. The van der Waals surface area contributed by atoms with Crippen LogP contribution >= 0.6 is 11.6 Å². The zero-order valence-corrected chi connectivity index (χ0v) is 14.3. The van der Waals surface area contributed by atoms with Gasteiger partial charge in [0.2, 0.25) is 0 Å². The number of fused-ring (bicyclic) bond motifs is 3. The molecule has 6 heteroatoms. The molecule has 132 valence electrons. The molecule has 2 aliphatic heterocycles. The number of anilines is 1. The van der Waals surface area contributed by atoms with Crippen molar-refractivity contribution in [2.24, 2.45) is 0 Å². The molecule has 1 unspecified atom stereocenters. The summed E-state index contributed by atoms with van der Waals surface area (Å²) in [6.45, 7) is 2.91. The van der Waals surface area contributed by atoms with Crippen molar-refractivity contribution in [3.05, 3.63) is 52.5 Å². The van der Waals surface area contributed by atoms with Gasteiger partial charge in [-0.25, -0.2) is 0 Å². The van der Waals surface area contributed by atoms with E-state index in [-0.39, 0.29) is 5.02 Å². The van der Waals surface area contributed by atoms with E-state index < -0.39 is 11.7 Å². The van der Waals surface area contributed by atoms with Gasteiger partial charge in [0.15, 0.2) is 0 Å². The van der Waals surface area contributed by atoms with Gasteiger partial charge in [0.05, 0.1) is 5.56 Å². The molecule has 0 bridgehead atoms. The van der Waals surface area contributed by atoms with Crippen molar-refractivity contribution in [2.45, 2.75) is 25.1 Å². The summed E-state index contributed by atoms with van der Waals surface area (Å²) < 4.78 is 38.5. The number of rotatable bonds is 1. The number of hydrogen-bond donors (Lipinski definition) is 1. The fraction of sp³-hybridized carbons (Fsp3) is 0.368. The van der Waals surface area contributed by atoms with Crippen molar-refractivity contribution in [3.8, 4) is 11.1 Å². The van der Waals surface area contributed by atoms with Crippen molar-refractivity contribution < 1.29 is 13.2 Å². The first kappa shape index (κ1) is 16.7. The van der Waals surface area contributed by atoms with Crippen molar-refractivity contribution in [2.75, 3.05) is 24.5 Å². The molecular formula is C19H18ClF3N2. The molecule has 1 atom stereocenters. The van der Waals surface area contributed by atoms with Crippen LogP contribution in [0.2, 0.25) is 5.02 Å². The van der Waals surface area contributed by atoms with Crippen molar-refractivity contribution in [1.82, 2.24) is 5.32 Å².